The monoisotopic (exact) mass is 180 g/mol. The van der Waals surface area contributed by atoms with Gasteiger partial charge < -0.3 is 4.90 Å². The Hall–Kier alpha value is -0.530. The highest BCUT2D eigenvalue weighted by Gasteiger charge is 2.33. The van der Waals surface area contributed by atoms with E-state index in [-0.39, 0.29) is 0 Å². The van der Waals surface area contributed by atoms with Crippen molar-refractivity contribution >= 4 is 5.84 Å². The molecule has 2 fully saturated rings. The van der Waals surface area contributed by atoms with Crippen molar-refractivity contribution in [3.8, 4) is 0 Å². The predicted octanol–water partition coefficient (Wildman–Crippen LogP) is 2.64. The molecule has 0 aromatic carbocycles. The number of nitrogens with one attached hydrogen (secondary N) is 1. The minimum Gasteiger partial charge on any atom is -0.358 e. The zero-order chi connectivity index (χ0) is 9.26. The second-order valence-corrected chi connectivity index (χ2v) is 4.53. The molecule has 2 rings (SSSR count). The Kier molecular flexibility index (Phi) is 2.56. The second-order valence-electron chi connectivity index (χ2n) is 4.53. The molecule has 1 saturated heterocycles. The van der Waals surface area contributed by atoms with E-state index in [0.29, 0.717) is 0 Å². The predicted molar refractivity (Wildman–Crippen MR) is 55.1 cm³/mol. The second kappa shape index (κ2) is 3.69. The third kappa shape index (κ3) is 1.72. The van der Waals surface area contributed by atoms with E-state index < -0.39 is 0 Å². The number of likely N-dealkylation sites (tertiary alicyclic amines) is 1. The van der Waals surface area contributed by atoms with Gasteiger partial charge in [0.05, 0.1) is 5.84 Å². The van der Waals surface area contributed by atoms with Crippen molar-refractivity contribution in [2.75, 3.05) is 6.54 Å². The van der Waals surface area contributed by atoms with E-state index >= 15 is 0 Å². The van der Waals surface area contributed by atoms with Crippen LogP contribution in [-0.2, 0) is 0 Å². The van der Waals surface area contributed by atoms with Crippen molar-refractivity contribution in [3.05, 3.63) is 0 Å². The van der Waals surface area contributed by atoms with Crippen LogP contribution in [-0.4, -0.2) is 23.3 Å². The smallest absolute Gasteiger partial charge is 0.0928 e. The van der Waals surface area contributed by atoms with Crippen LogP contribution in [0.3, 0.4) is 0 Å². The lowest BCUT2D eigenvalue weighted by atomic mass is 9.78. The Balaban J connectivity index is 2.06. The van der Waals surface area contributed by atoms with Crippen LogP contribution in [0.15, 0.2) is 0 Å². The summed E-state index contributed by atoms with van der Waals surface area (Å²) in [6.45, 7) is 3.08. The van der Waals surface area contributed by atoms with Crippen molar-refractivity contribution in [2.45, 2.75) is 51.5 Å². The molecule has 13 heavy (non-hydrogen) atoms. The first-order valence-electron chi connectivity index (χ1n) is 5.61. The summed E-state index contributed by atoms with van der Waals surface area (Å²) in [6.07, 6.45) is 8.26. The van der Waals surface area contributed by atoms with Crippen LogP contribution in [0.4, 0.5) is 0 Å². The molecule has 1 N–H and O–H groups in total. The van der Waals surface area contributed by atoms with Crippen LogP contribution in [0, 0.1) is 11.3 Å². The molecule has 1 aliphatic carbocycles. The summed E-state index contributed by atoms with van der Waals surface area (Å²) >= 11 is 0. The lowest BCUT2D eigenvalue weighted by molar-refractivity contribution is 0.118. The van der Waals surface area contributed by atoms with E-state index in [2.05, 4.69) is 4.90 Å². The van der Waals surface area contributed by atoms with E-state index in [4.69, 9.17) is 5.41 Å². The number of amidine groups is 1. The van der Waals surface area contributed by atoms with E-state index in [9.17, 15) is 0 Å². The lowest BCUT2D eigenvalue weighted by Crippen LogP contribution is -2.48. The van der Waals surface area contributed by atoms with Gasteiger partial charge in [0.25, 0.3) is 0 Å². The highest BCUT2D eigenvalue weighted by atomic mass is 15.2. The summed E-state index contributed by atoms with van der Waals surface area (Å²) < 4.78 is 0. The van der Waals surface area contributed by atoms with Gasteiger partial charge in [0.2, 0.25) is 0 Å². The fourth-order valence-electron chi connectivity index (χ4n) is 3.04. The molecular weight excluding hydrogens is 160 g/mol. The van der Waals surface area contributed by atoms with E-state index in [1.165, 1.54) is 38.5 Å². The van der Waals surface area contributed by atoms with Crippen LogP contribution in [0.2, 0.25) is 0 Å². The minimum atomic E-state index is 0.722. The maximum absolute atomic E-state index is 7.74. The summed E-state index contributed by atoms with van der Waals surface area (Å²) in [5.41, 5.74) is 0. The van der Waals surface area contributed by atoms with E-state index in [0.717, 1.165) is 24.3 Å². The van der Waals surface area contributed by atoms with Crippen molar-refractivity contribution in [3.63, 3.8) is 0 Å². The molecule has 2 nitrogen and oxygen atoms in total. The number of hydrogen-bond donors (Lipinski definition) is 1. The number of fused-ring (bicyclic) bond motifs is 1. The van der Waals surface area contributed by atoms with Gasteiger partial charge in [0.15, 0.2) is 0 Å². The normalized spacial score (nSPS) is 34.1. The first-order chi connectivity index (χ1) is 6.29. The molecule has 1 heterocycles. The summed E-state index contributed by atoms with van der Waals surface area (Å²) in [4.78, 5) is 2.34. The van der Waals surface area contributed by atoms with Gasteiger partial charge in [-0.2, -0.15) is 0 Å². The van der Waals surface area contributed by atoms with Gasteiger partial charge in [0, 0.05) is 12.6 Å². The highest BCUT2D eigenvalue weighted by molar-refractivity contribution is 5.76. The first-order valence-corrected chi connectivity index (χ1v) is 5.61. The quantitative estimate of drug-likeness (QED) is 0.450. The molecule has 0 amide bonds. The van der Waals surface area contributed by atoms with Crippen LogP contribution in [0.25, 0.3) is 0 Å². The Morgan fingerprint density at radius 1 is 1.15 bits per heavy atom. The Morgan fingerprint density at radius 3 is 2.62 bits per heavy atom. The molecule has 2 atom stereocenters. The first kappa shape index (κ1) is 9.04. The number of nitrogens with zero attached hydrogens (tertiary/aromatic N) is 1. The summed E-state index contributed by atoms with van der Waals surface area (Å²) in [5.74, 6) is 1.69. The fraction of sp³-hybridized carbons (Fsp3) is 0.909. The maximum atomic E-state index is 7.74. The SMILES string of the molecule is CC(=N)N1CCCC2CCCCC21. The maximum Gasteiger partial charge on any atom is 0.0928 e. The van der Waals surface area contributed by atoms with Gasteiger partial charge in [0.1, 0.15) is 0 Å². The van der Waals surface area contributed by atoms with Gasteiger partial charge in [-0.1, -0.05) is 12.8 Å². The zero-order valence-electron chi connectivity index (χ0n) is 8.55. The van der Waals surface area contributed by atoms with Crippen molar-refractivity contribution in [2.24, 2.45) is 5.92 Å². The Bertz CT molecular complexity index is 198. The third-order valence-electron chi connectivity index (χ3n) is 3.67. The van der Waals surface area contributed by atoms with Gasteiger partial charge in [-0.3, -0.25) is 5.41 Å². The van der Waals surface area contributed by atoms with Gasteiger partial charge >= 0.3 is 0 Å². The minimum absolute atomic E-state index is 0.722. The highest BCUT2D eigenvalue weighted by Crippen LogP contribution is 2.35. The summed E-state index contributed by atoms with van der Waals surface area (Å²) in [7, 11) is 0. The summed E-state index contributed by atoms with van der Waals surface area (Å²) in [5, 5.41) is 7.74. The van der Waals surface area contributed by atoms with E-state index in [1.54, 1.807) is 0 Å². The van der Waals surface area contributed by atoms with Gasteiger partial charge in [-0.05, 0) is 38.5 Å². The Labute approximate surface area is 80.8 Å². The van der Waals surface area contributed by atoms with Crippen LogP contribution in [0.1, 0.15) is 45.4 Å². The van der Waals surface area contributed by atoms with Crippen molar-refractivity contribution in [1.82, 2.24) is 4.90 Å². The average molecular weight is 180 g/mol. The molecule has 2 heteroatoms. The average Bonchev–Trinajstić information content (AvgIpc) is 2.17. The van der Waals surface area contributed by atoms with Crippen molar-refractivity contribution < 1.29 is 0 Å². The molecule has 2 unspecified atom stereocenters. The third-order valence-corrected chi connectivity index (χ3v) is 3.67. The Morgan fingerprint density at radius 2 is 1.85 bits per heavy atom. The van der Waals surface area contributed by atoms with Gasteiger partial charge in [-0.15, -0.1) is 0 Å². The molecule has 1 aliphatic heterocycles. The van der Waals surface area contributed by atoms with Crippen LogP contribution < -0.4 is 0 Å². The topological polar surface area (TPSA) is 27.1 Å². The van der Waals surface area contributed by atoms with Crippen LogP contribution >= 0.6 is 0 Å². The van der Waals surface area contributed by atoms with E-state index in [1.807, 2.05) is 6.92 Å². The molecule has 1 saturated carbocycles. The van der Waals surface area contributed by atoms with Gasteiger partial charge in [-0.25, -0.2) is 0 Å². The molecule has 0 radical (unpaired) electrons. The molecule has 0 aromatic heterocycles. The molecule has 74 valence electrons. The zero-order valence-corrected chi connectivity index (χ0v) is 8.55. The molecule has 2 aliphatic rings. The fourth-order valence-corrected chi connectivity index (χ4v) is 3.04. The molecule has 0 aromatic rings. The van der Waals surface area contributed by atoms with Crippen molar-refractivity contribution in [1.29, 1.82) is 5.41 Å². The molecule has 0 spiro atoms. The largest absolute Gasteiger partial charge is 0.358 e. The number of rotatable bonds is 0. The lowest BCUT2D eigenvalue weighted by Gasteiger charge is -2.44. The summed E-state index contributed by atoms with van der Waals surface area (Å²) in [6, 6.07) is 0.722. The standard InChI is InChI=1S/C11H20N2/c1-9(12)13-8-4-6-10-5-2-3-7-11(10)13/h10-12H,2-8H2,1H3. The number of piperidine rings is 1. The number of hydrogen-bond acceptors (Lipinski definition) is 1. The van der Waals surface area contributed by atoms with Crippen LogP contribution in [0.5, 0.6) is 0 Å². The molecule has 0 bridgehead atoms. The molecular formula is C11H20N2.